The average molecular weight is 203 g/mol. The molecule has 1 atom stereocenters. The predicted molar refractivity (Wildman–Crippen MR) is 45.3 cm³/mol. The van der Waals surface area contributed by atoms with Crippen LogP contribution in [-0.2, 0) is 0 Å². The number of hydrogen-bond acceptors (Lipinski definition) is 2. The lowest BCUT2D eigenvalue weighted by Crippen LogP contribution is -2.33. The average Bonchev–Trinajstić information content (AvgIpc) is 2.41. The number of nitrogen functional groups attached to an aromatic ring is 1. The minimum atomic E-state index is -4.21. The third kappa shape index (κ3) is 1.47. The van der Waals surface area contributed by atoms with E-state index in [1.807, 2.05) is 0 Å². The Bertz CT molecular complexity index is 457. The first kappa shape index (κ1) is 9.11. The van der Waals surface area contributed by atoms with E-state index in [0.29, 0.717) is 5.35 Å². The van der Waals surface area contributed by atoms with Crippen LogP contribution in [0.3, 0.4) is 0 Å². The van der Waals surface area contributed by atoms with Gasteiger partial charge in [0.1, 0.15) is 0 Å². The Hall–Kier alpha value is -1.46. The van der Waals surface area contributed by atoms with Crippen LogP contribution in [0.1, 0.15) is 6.42 Å². The van der Waals surface area contributed by atoms with Gasteiger partial charge in [0.25, 0.3) is 0 Å². The number of fused-ring (bicyclic) bond motifs is 1. The monoisotopic (exact) mass is 203 g/mol. The number of rotatable bonds is 0. The molecule has 0 aliphatic heterocycles. The van der Waals surface area contributed by atoms with Crippen LogP contribution in [0, 0.1) is 5.92 Å². The summed E-state index contributed by atoms with van der Waals surface area (Å²) in [6.45, 7) is 0. The quantitative estimate of drug-likeness (QED) is 0.630. The fourth-order valence-electron chi connectivity index (χ4n) is 1.43. The van der Waals surface area contributed by atoms with E-state index in [4.69, 9.17) is 5.73 Å². The summed E-state index contributed by atoms with van der Waals surface area (Å²) in [7, 11) is 0. The SMILES string of the molecule is Nc1nc2c([nH]1)=CCC(C(F)(F)F)C=2. The van der Waals surface area contributed by atoms with Crippen molar-refractivity contribution in [1.29, 1.82) is 0 Å². The fraction of sp³-hybridized carbons (Fsp3) is 0.375. The lowest BCUT2D eigenvalue weighted by atomic mass is 10.0. The van der Waals surface area contributed by atoms with Crippen LogP contribution >= 0.6 is 0 Å². The zero-order valence-electron chi connectivity index (χ0n) is 7.10. The van der Waals surface area contributed by atoms with Gasteiger partial charge in [0.05, 0.1) is 16.6 Å². The molecule has 1 aromatic heterocycles. The first-order chi connectivity index (χ1) is 6.47. The third-order valence-corrected chi connectivity index (χ3v) is 2.13. The molecule has 3 N–H and O–H groups in total. The highest BCUT2D eigenvalue weighted by atomic mass is 19.4. The summed E-state index contributed by atoms with van der Waals surface area (Å²) in [6.07, 6.45) is -1.70. The van der Waals surface area contributed by atoms with Crippen molar-refractivity contribution in [3.8, 4) is 0 Å². The van der Waals surface area contributed by atoms with Gasteiger partial charge in [0, 0.05) is 0 Å². The third-order valence-electron chi connectivity index (χ3n) is 2.13. The van der Waals surface area contributed by atoms with Crippen molar-refractivity contribution in [1.82, 2.24) is 9.97 Å². The van der Waals surface area contributed by atoms with Crippen LogP contribution in [0.4, 0.5) is 19.1 Å². The Morgan fingerprint density at radius 2 is 2.21 bits per heavy atom. The molecule has 0 bridgehead atoms. The van der Waals surface area contributed by atoms with Crippen LogP contribution in [-0.4, -0.2) is 16.1 Å². The van der Waals surface area contributed by atoms with Crippen LogP contribution in [0.5, 0.6) is 0 Å². The molecule has 3 nitrogen and oxygen atoms in total. The van der Waals surface area contributed by atoms with Gasteiger partial charge in [-0.2, -0.15) is 13.2 Å². The molecule has 1 unspecified atom stereocenters. The highest BCUT2D eigenvalue weighted by molar-refractivity contribution is 5.39. The molecule has 14 heavy (non-hydrogen) atoms. The number of imidazole rings is 1. The second-order valence-electron chi connectivity index (χ2n) is 3.18. The van der Waals surface area contributed by atoms with Gasteiger partial charge in [-0.3, -0.25) is 0 Å². The number of alkyl halides is 3. The number of H-pyrrole nitrogens is 1. The van der Waals surface area contributed by atoms with Crippen LogP contribution in [0.25, 0.3) is 12.2 Å². The van der Waals surface area contributed by atoms with E-state index in [9.17, 15) is 13.2 Å². The zero-order valence-corrected chi connectivity index (χ0v) is 7.10. The smallest absolute Gasteiger partial charge is 0.369 e. The van der Waals surface area contributed by atoms with Crippen molar-refractivity contribution in [3.05, 3.63) is 10.7 Å². The van der Waals surface area contributed by atoms with Crippen molar-refractivity contribution >= 4 is 18.1 Å². The lowest BCUT2D eigenvalue weighted by Gasteiger charge is -2.15. The number of nitrogens with one attached hydrogen (secondary N) is 1. The standard InChI is InChI=1S/C8H8F3N3/c9-8(10,11)4-1-2-5-6(3-4)14-7(12)13-5/h2-4H,1H2,(H3,12,13,14). The first-order valence-corrected chi connectivity index (χ1v) is 4.07. The molecule has 0 saturated carbocycles. The Morgan fingerprint density at radius 3 is 2.86 bits per heavy atom. The van der Waals surface area contributed by atoms with Gasteiger partial charge in [-0.15, -0.1) is 0 Å². The van der Waals surface area contributed by atoms with Gasteiger partial charge in [-0.1, -0.05) is 6.08 Å². The highest BCUT2D eigenvalue weighted by Crippen LogP contribution is 2.30. The van der Waals surface area contributed by atoms with E-state index in [2.05, 4.69) is 9.97 Å². The van der Waals surface area contributed by atoms with Crippen molar-refractivity contribution in [2.75, 3.05) is 5.73 Å². The van der Waals surface area contributed by atoms with Crippen LogP contribution in [0.2, 0.25) is 0 Å². The minimum Gasteiger partial charge on any atom is -0.369 e. The van der Waals surface area contributed by atoms with Crippen molar-refractivity contribution < 1.29 is 13.2 Å². The molecule has 2 rings (SSSR count). The molecule has 0 radical (unpaired) electrons. The highest BCUT2D eigenvalue weighted by Gasteiger charge is 2.38. The van der Waals surface area contributed by atoms with Gasteiger partial charge in [-0.25, -0.2) is 4.98 Å². The topological polar surface area (TPSA) is 54.7 Å². The maximum atomic E-state index is 12.3. The molecule has 0 fully saturated rings. The summed E-state index contributed by atoms with van der Waals surface area (Å²) < 4.78 is 37.0. The van der Waals surface area contributed by atoms with E-state index < -0.39 is 12.1 Å². The second kappa shape index (κ2) is 2.76. The van der Waals surface area contributed by atoms with Crippen molar-refractivity contribution in [2.24, 2.45) is 5.92 Å². The molecule has 0 aromatic carbocycles. The molecule has 1 aliphatic carbocycles. The maximum absolute atomic E-state index is 12.3. The largest absolute Gasteiger partial charge is 0.395 e. The minimum absolute atomic E-state index is 0.0574. The normalized spacial score (nSPS) is 20.9. The van der Waals surface area contributed by atoms with E-state index >= 15 is 0 Å². The summed E-state index contributed by atoms with van der Waals surface area (Å²) in [5, 5.41) is 0.860. The Labute approximate surface area is 77.1 Å². The molecule has 76 valence electrons. The number of aromatic amines is 1. The van der Waals surface area contributed by atoms with E-state index in [1.165, 1.54) is 6.08 Å². The van der Waals surface area contributed by atoms with Crippen molar-refractivity contribution in [3.63, 3.8) is 0 Å². The molecular formula is C8H8F3N3. The molecule has 1 aliphatic rings. The Morgan fingerprint density at radius 1 is 1.50 bits per heavy atom. The van der Waals surface area contributed by atoms with E-state index in [0.717, 1.165) is 6.08 Å². The number of nitrogens with two attached hydrogens (primary N) is 1. The van der Waals surface area contributed by atoms with Gasteiger partial charge < -0.3 is 10.7 Å². The summed E-state index contributed by atoms with van der Waals surface area (Å²) in [6, 6.07) is 0. The lowest BCUT2D eigenvalue weighted by molar-refractivity contribution is -0.155. The maximum Gasteiger partial charge on any atom is 0.395 e. The number of halogens is 3. The summed E-state index contributed by atoms with van der Waals surface area (Å²) >= 11 is 0. The van der Waals surface area contributed by atoms with Gasteiger partial charge in [0.2, 0.25) is 0 Å². The van der Waals surface area contributed by atoms with Gasteiger partial charge in [0.15, 0.2) is 5.95 Å². The summed E-state index contributed by atoms with van der Waals surface area (Å²) in [4.78, 5) is 6.43. The van der Waals surface area contributed by atoms with Crippen molar-refractivity contribution in [2.45, 2.75) is 12.6 Å². The fourth-order valence-corrected chi connectivity index (χ4v) is 1.43. The van der Waals surface area contributed by atoms with E-state index in [-0.39, 0.29) is 17.7 Å². The Kier molecular flexibility index (Phi) is 1.80. The van der Waals surface area contributed by atoms with Gasteiger partial charge in [-0.05, 0) is 12.5 Å². The molecule has 6 heteroatoms. The zero-order chi connectivity index (χ0) is 10.3. The Balaban J connectivity index is 2.48. The number of nitrogens with zero attached hydrogens (tertiary/aromatic N) is 1. The predicted octanol–water partition coefficient (Wildman–Crippen LogP) is 0.135. The molecule has 0 spiro atoms. The molecule has 0 saturated heterocycles. The molecule has 0 amide bonds. The number of aromatic nitrogens is 2. The van der Waals surface area contributed by atoms with Gasteiger partial charge >= 0.3 is 6.18 Å². The summed E-state index contributed by atoms with van der Waals surface area (Å²) in [5.41, 5.74) is 5.32. The van der Waals surface area contributed by atoms with Crippen LogP contribution in [0.15, 0.2) is 0 Å². The summed E-state index contributed by atoms with van der Waals surface area (Å²) in [5.74, 6) is -1.30. The molecule has 1 aromatic rings. The second-order valence-corrected chi connectivity index (χ2v) is 3.18. The van der Waals surface area contributed by atoms with E-state index in [1.54, 1.807) is 0 Å². The first-order valence-electron chi connectivity index (χ1n) is 4.07. The van der Waals surface area contributed by atoms with Crippen LogP contribution < -0.4 is 16.4 Å². The molecular weight excluding hydrogens is 195 g/mol. The number of anilines is 1. The molecule has 1 heterocycles. The number of hydrogen-bond donors (Lipinski definition) is 2.